The van der Waals surface area contributed by atoms with E-state index in [2.05, 4.69) is 17.1 Å². The van der Waals surface area contributed by atoms with Crippen LogP contribution in [0.25, 0.3) is 0 Å². The van der Waals surface area contributed by atoms with E-state index in [1.807, 2.05) is 24.0 Å². The average molecular weight is 307 g/mol. The fraction of sp³-hybridized carbons (Fsp3) is 0.588. The molecule has 0 spiro atoms. The molecule has 1 N–H and O–H groups in total. The number of carbonyl (C=O) groups is 1. The second-order valence-corrected chi connectivity index (χ2v) is 5.93. The van der Waals surface area contributed by atoms with Crippen molar-refractivity contribution in [1.29, 1.82) is 0 Å². The molecule has 1 unspecified atom stereocenters. The molecule has 2 rings (SSSR count). The van der Waals surface area contributed by atoms with Gasteiger partial charge in [0.15, 0.2) is 0 Å². The van der Waals surface area contributed by atoms with Gasteiger partial charge in [0, 0.05) is 38.8 Å². The van der Waals surface area contributed by atoms with Crippen LogP contribution in [0.2, 0.25) is 0 Å². The number of carbonyl (C=O) groups excluding carboxylic acids is 1. The molecule has 1 aliphatic heterocycles. The smallest absolute Gasteiger partial charge is 0.317 e. The minimum absolute atomic E-state index is 0.0307. The second-order valence-electron chi connectivity index (χ2n) is 5.93. The van der Waals surface area contributed by atoms with Crippen LogP contribution in [0.4, 0.5) is 9.18 Å². The first-order valence-corrected chi connectivity index (χ1v) is 8.11. The Morgan fingerprint density at radius 1 is 1.27 bits per heavy atom. The summed E-state index contributed by atoms with van der Waals surface area (Å²) < 4.78 is 13.6. The van der Waals surface area contributed by atoms with Crippen LogP contribution >= 0.6 is 0 Å². The largest absolute Gasteiger partial charge is 0.336 e. The highest BCUT2D eigenvalue weighted by molar-refractivity contribution is 5.74. The van der Waals surface area contributed by atoms with Gasteiger partial charge in [0.25, 0.3) is 0 Å². The number of amides is 2. The number of urea groups is 1. The first-order valence-electron chi connectivity index (χ1n) is 8.11. The molecule has 1 aromatic rings. The van der Waals surface area contributed by atoms with E-state index >= 15 is 0 Å². The van der Waals surface area contributed by atoms with Crippen molar-refractivity contribution < 1.29 is 9.18 Å². The molecular weight excluding hydrogens is 281 g/mol. The van der Waals surface area contributed by atoms with Gasteiger partial charge in [-0.1, -0.05) is 25.1 Å². The van der Waals surface area contributed by atoms with E-state index in [1.165, 1.54) is 6.07 Å². The van der Waals surface area contributed by atoms with Crippen LogP contribution in [0.3, 0.4) is 0 Å². The van der Waals surface area contributed by atoms with Gasteiger partial charge in [-0.3, -0.25) is 4.90 Å². The first kappa shape index (κ1) is 16.7. The maximum absolute atomic E-state index is 13.6. The molecular formula is C17H26FN3O. The molecule has 0 aliphatic carbocycles. The molecule has 1 aromatic carbocycles. The minimum atomic E-state index is -0.130. The highest BCUT2D eigenvalue weighted by Gasteiger charge is 2.21. The summed E-state index contributed by atoms with van der Waals surface area (Å²) in [5, 5.41) is 3.00. The minimum Gasteiger partial charge on any atom is -0.336 e. The van der Waals surface area contributed by atoms with Gasteiger partial charge in [-0.2, -0.15) is 0 Å². The maximum atomic E-state index is 13.6. The summed E-state index contributed by atoms with van der Waals surface area (Å²) >= 11 is 0. The van der Waals surface area contributed by atoms with E-state index < -0.39 is 0 Å². The lowest BCUT2D eigenvalue weighted by Gasteiger charge is -2.35. The average Bonchev–Trinajstić information content (AvgIpc) is 2.54. The van der Waals surface area contributed by atoms with Crippen molar-refractivity contribution in [1.82, 2.24) is 15.1 Å². The standard InChI is InChI=1S/C17H26FN3O/c1-3-14(2)19-17(22)21-12-10-20(11-13-21)9-8-15-6-4-5-7-16(15)18/h4-7,14H,3,8-13H2,1-2H3,(H,19,22). The summed E-state index contributed by atoms with van der Waals surface area (Å²) in [6.07, 6.45) is 1.65. The lowest BCUT2D eigenvalue weighted by molar-refractivity contribution is 0.138. The molecule has 5 heteroatoms. The van der Waals surface area contributed by atoms with E-state index in [0.29, 0.717) is 6.42 Å². The van der Waals surface area contributed by atoms with Crippen molar-refractivity contribution in [2.75, 3.05) is 32.7 Å². The molecule has 0 bridgehead atoms. The van der Waals surface area contributed by atoms with Crippen molar-refractivity contribution in [3.05, 3.63) is 35.6 Å². The Morgan fingerprint density at radius 3 is 2.59 bits per heavy atom. The van der Waals surface area contributed by atoms with Crippen molar-refractivity contribution in [2.24, 2.45) is 0 Å². The molecule has 4 nitrogen and oxygen atoms in total. The summed E-state index contributed by atoms with van der Waals surface area (Å²) in [6.45, 7) is 8.08. The number of hydrogen-bond acceptors (Lipinski definition) is 2. The number of nitrogens with one attached hydrogen (secondary N) is 1. The summed E-state index contributed by atoms with van der Waals surface area (Å²) in [6, 6.07) is 7.18. The summed E-state index contributed by atoms with van der Waals surface area (Å²) in [5.74, 6) is -0.130. The van der Waals surface area contributed by atoms with Gasteiger partial charge in [-0.05, 0) is 31.4 Å². The summed E-state index contributed by atoms with van der Waals surface area (Å²) in [5.41, 5.74) is 0.763. The highest BCUT2D eigenvalue weighted by Crippen LogP contribution is 2.09. The summed E-state index contributed by atoms with van der Waals surface area (Å²) in [7, 11) is 0. The van der Waals surface area contributed by atoms with Gasteiger partial charge in [0.05, 0.1) is 0 Å². The molecule has 1 heterocycles. The van der Waals surface area contributed by atoms with Crippen molar-refractivity contribution in [2.45, 2.75) is 32.7 Å². The van der Waals surface area contributed by atoms with Gasteiger partial charge in [0.2, 0.25) is 0 Å². The van der Waals surface area contributed by atoms with E-state index in [9.17, 15) is 9.18 Å². The molecule has 1 aliphatic rings. The van der Waals surface area contributed by atoms with Gasteiger partial charge in [-0.15, -0.1) is 0 Å². The number of halogens is 1. The molecule has 0 aromatic heterocycles. The molecule has 2 amide bonds. The topological polar surface area (TPSA) is 35.6 Å². The number of nitrogens with zero attached hydrogens (tertiary/aromatic N) is 2. The Kier molecular flexibility index (Phi) is 6.19. The normalized spacial score (nSPS) is 17.3. The Bertz CT molecular complexity index is 487. The molecule has 0 radical (unpaired) electrons. The van der Waals surface area contributed by atoms with Crippen molar-refractivity contribution in [3.8, 4) is 0 Å². The number of hydrogen-bond donors (Lipinski definition) is 1. The van der Waals surface area contributed by atoms with Gasteiger partial charge >= 0.3 is 6.03 Å². The quantitative estimate of drug-likeness (QED) is 0.907. The third kappa shape index (κ3) is 4.70. The third-order valence-electron chi connectivity index (χ3n) is 4.30. The van der Waals surface area contributed by atoms with Crippen LogP contribution in [0.5, 0.6) is 0 Å². The zero-order chi connectivity index (χ0) is 15.9. The van der Waals surface area contributed by atoms with Crippen LogP contribution < -0.4 is 5.32 Å². The maximum Gasteiger partial charge on any atom is 0.317 e. The zero-order valence-corrected chi connectivity index (χ0v) is 13.5. The third-order valence-corrected chi connectivity index (χ3v) is 4.30. The molecule has 1 atom stereocenters. The first-order chi connectivity index (χ1) is 10.6. The SMILES string of the molecule is CCC(C)NC(=O)N1CCN(CCc2ccccc2F)CC1. The number of rotatable bonds is 5. The van der Waals surface area contributed by atoms with Crippen molar-refractivity contribution in [3.63, 3.8) is 0 Å². The van der Waals surface area contributed by atoms with E-state index in [0.717, 1.165) is 44.7 Å². The predicted octanol–water partition coefficient (Wildman–Crippen LogP) is 2.49. The van der Waals surface area contributed by atoms with Gasteiger partial charge < -0.3 is 10.2 Å². The van der Waals surface area contributed by atoms with Gasteiger partial charge in [0.1, 0.15) is 5.82 Å². The summed E-state index contributed by atoms with van der Waals surface area (Å²) in [4.78, 5) is 16.2. The molecule has 1 saturated heterocycles. The molecule has 1 fully saturated rings. The Hall–Kier alpha value is -1.62. The van der Waals surface area contributed by atoms with E-state index in [4.69, 9.17) is 0 Å². The van der Waals surface area contributed by atoms with Crippen LogP contribution in [-0.2, 0) is 6.42 Å². The van der Waals surface area contributed by atoms with Gasteiger partial charge in [-0.25, -0.2) is 9.18 Å². The Morgan fingerprint density at radius 2 is 1.95 bits per heavy atom. The number of benzene rings is 1. The molecule has 122 valence electrons. The highest BCUT2D eigenvalue weighted by atomic mass is 19.1. The molecule has 22 heavy (non-hydrogen) atoms. The lowest BCUT2D eigenvalue weighted by Crippen LogP contribution is -2.53. The van der Waals surface area contributed by atoms with Crippen LogP contribution in [0, 0.1) is 5.82 Å². The Labute approximate surface area is 132 Å². The fourth-order valence-corrected chi connectivity index (χ4v) is 2.56. The van der Waals surface area contributed by atoms with E-state index in [-0.39, 0.29) is 17.9 Å². The van der Waals surface area contributed by atoms with Crippen molar-refractivity contribution >= 4 is 6.03 Å². The second kappa shape index (κ2) is 8.13. The Balaban J connectivity index is 1.73. The predicted molar refractivity (Wildman–Crippen MR) is 86.4 cm³/mol. The van der Waals surface area contributed by atoms with Crippen LogP contribution in [-0.4, -0.2) is 54.6 Å². The zero-order valence-electron chi connectivity index (χ0n) is 13.5. The monoisotopic (exact) mass is 307 g/mol. The molecule has 0 saturated carbocycles. The fourth-order valence-electron chi connectivity index (χ4n) is 2.56. The van der Waals surface area contributed by atoms with Crippen LogP contribution in [0.1, 0.15) is 25.8 Å². The van der Waals surface area contributed by atoms with E-state index in [1.54, 1.807) is 6.07 Å². The van der Waals surface area contributed by atoms with Crippen LogP contribution in [0.15, 0.2) is 24.3 Å². The number of piperazine rings is 1. The lowest BCUT2D eigenvalue weighted by atomic mass is 10.1.